The van der Waals surface area contributed by atoms with Gasteiger partial charge in [0, 0.05) is 42.2 Å². The molecule has 4 rings (SSSR count). The van der Waals surface area contributed by atoms with E-state index in [4.69, 9.17) is 34.8 Å². The van der Waals surface area contributed by atoms with Gasteiger partial charge in [-0.3, -0.25) is 9.69 Å². The number of halogens is 7. The fourth-order valence-corrected chi connectivity index (χ4v) is 4.97. The summed E-state index contributed by atoms with van der Waals surface area (Å²) in [5, 5.41) is 1.29. The summed E-state index contributed by atoms with van der Waals surface area (Å²) in [4.78, 5) is 16.8. The lowest BCUT2D eigenvalue weighted by atomic mass is 9.93. The topological polar surface area (TPSA) is 23.6 Å². The number of likely N-dealkylation sites (tertiary alicyclic amines) is 1. The molecule has 0 aromatic heterocycles. The molecule has 1 fully saturated rings. The monoisotopic (exact) mass is 558 g/mol. The quantitative estimate of drug-likeness (QED) is 0.302. The average molecular weight is 560 g/mol. The van der Waals surface area contributed by atoms with Crippen molar-refractivity contribution < 1.29 is 22.4 Å². The molecule has 0 saturated carbocycles. The van der Waals surface area contributed by atoms with Crippen molar-refractivity contribution in [3.63, 3.8) is 0 Å². The Bertz CT molecular complexity index is 1270. The van der Waals surface area contributed by atoms with Gasteiger partial charge in [0.2, 0.25) is 0 Å². The normalized spacial score (nSPS) is 18.2. The molecule has 3 aromatic rings. The van der Waals surface area contributed by atoms with Gasteiger partial charge in [-0.1, -0.05) is 46.9 Å². The van der Waals surface area contributed by atoms with E-state index in [-0.39, 0.29) is 24.4 Å². The third-order valence-electron chi connectivity index (χ3n) is 6.38. The van der Waals surface area contributed by atoms with E-state index in [1.165, 1.54) is 6.07 Å². The third-order valence-corrected chi connectivity index (χ3v) is 7.37. The summed E-state index contributed by atoms with van der Waals surface area (Å²) in [7, 11) is 1.79. The molecule has 10 heteroatoms. The molecule has 2 atom stereocenters. The average Bonchev–Trinajstić information content (AvgIpc) is 3.26. The highest BCUT2D eigenvalue weighted by atomic mass is 35.5. The second kappa shape index (κ2) is 10.6. The van der Waals surface area contributed by atoms with Gasteiger partial charge in [0.25, 0.3) is 5.91 Å². The van der Waals surface area contributed by atoms with Crippen molar-refractivity contribution in [2.45, 2.75) is 24.7 Å². The van der Waals surface area contributed by atoms with Crippen LogP contribution in [0.15, 0.2) is 60.7 Å². The number of benzene rings is 3. The largest absolute Gasteiger partial charge is 0.419 e. The number of alkyl halides is 3. The number of likely N-dealkylation sites (N-methyl/N-ethyl adjacent to an activating group) is 1. The first kappa shape index (κ1) is 26.7. The first-order valence-corrected chi connectivity index (χ1v) is 12.1. The Morgan fingerprint density at radius 2 is 1.67 bits per heavy atom. The number of hydrogen-bond acceptors (Lipinski definition) is 2. The molecule has 1 saturated heterocycles. The van der Waals surface area contributed by atoms with Crippen LogP contribution in [0.5, 0.6) is 0 Å². The highest BCUT2D eigenvalue weighted by Gasteiger charge is 2.39. The SMILES string of the molecule is CN(Cc1ccc(C(F)(F)F)c(F)c1)[C@@H]1CN(C(=O)c2ccc(Cl)cc2)C[C@@H]1c1ccc(Cl)c(Cl)c1. The van der Waals surface area contributed by atoms with Crippen LogP contribution < -0.4 is 0 Å². The molecule has 0 spiro atoms. The van der Waals surface area contributed by atoms with E-state index in [2.05, 4.69) is 0 Å². The van der Waals surface area contributed by atoms with Gasteiger partial charge in [0.15, 0.2) is 0 Å². The smallest absolute Gasteiger partial charge is 0.336 e. The fraction of sp³-hybridized carbons (Fsp3) is 0.269. The van der Waals surface area contributed by atoms with Crippen LogP contribution in [0.4, 0.5) is 17.6 Å². The Morgan fingerprint density at radius 1 is 0.972 bits per heavy atom. The highest BCUT2D eigenvalue weighted by molar-refractivity contribution is 6.42. The molecule has 0 aliphatic carbocycles. The van der Waals surface area contributed by atoms with Crippen molar-refractivity contribution in [1.29, 1.82) is 0 Å². The van der Waals surface area contributed by atoms with Gasteiger partial charge in [-0.2, -0.15) is 13.2 Å². The number of carbonyl (C=O) groups excluding carboxylic acids is 1. The minimum atomic E-state index is -4.76. The summed E-state index contributed by atoms with van der Waals surface area (Å²) in [6.07, 6.45) is -4.76. The molecule has 190 valence electrons. The van der Waals surface area contributed by atoms with Crippen molar-refractivity contribution in [3.05, 3.63) is 104 Å². The molecular formula is C26H21Cl3F4N2O. The Hall–Kier alpha value is -2.32. The number of carbonyl (C=O) groups is 1. The number of hydrogen-bond donors (Lipinski definition) is 0. The van der Waals surface area contributed by atoms with Crippen LogP contribution in [0, 0.1) is 5.82 Å². The molecule has 1 heterocycles. The van der Waals surface area contributed by atoms with Crippen LogP contribution in [-0.4, -0.2) is 41.9 Å². The van der Waals surface area contributed by atoms with Gasteiger partial charge in [-0.15, -0.1) is 0 Å². The maximum Gasteiger partial charge on any atom is 0.419 e. The fourth-order valence-electron chi connectivity index (χ4n) is 4.54. The van der Waals surface area contributed by atoms with Crippen LogP contribution in [0.3, 0.4) is 0 Å². The second-order valence-corrected chi connectivity index (χ2v) is 10.0. The van der Waals surface area contributed by atoms with E-state index in [0.29, 0.717) is 39.3 Å². The summed E-state index contributed by atoms with van der Waals surface area (Å²) < 4.78 is 53.0. The second-order valence-electron chi connectivity index (χ2n) is 8.79. The van der Waals surface area contributed by atoms with Gasteiger partial charge < -0.3 is 4.90 Å². The van der Waals surface area contributed by atoms with Crippen LogP contribution in [0.25, 0.3) is 0 Å². The summed E-state index contributed by atoms with van der Waals surface area (Å²) in [5.41, 5.74) is 0.438. The van der Waals surface area contributed by atoms with E-state index in [9.17, 15) is 22.4 Å². The van der Waals surface area contributed by atoms with Gasteiger partial charge in [0.1, 0.15) is 5.82 Å². The van der Waals surface area contributed by atoms with Gasteiger partial charge in [0.05, 0.1) is 15.6 Å². The lowest BCUT2D eigenvalue weighted by molar-refractivity contribution is -0.140. The van der Waals surface area contributed by atoms with Crippen molar-refractivity contribution in [1.82, 2.24) is 9.80 Å². The summed E-state index contributed by atoms with van der Waals surface area (Å²) in [6.45, 7) is 0.919. The zero-order valence-electron chi connectivity index (χ0n) is 19.0. The zero-order valence-corrected chi connectivity index (χ0v) is 21.3. The predicted molar refractivity (Wildman–Crippen MR) is 133 cm³/mol. The third kappa shape index (κ3) is 5.80. The minimum absolute atomic E-state index is 0.166. The zero-order chi connectivity index (χ0) is 26.2. The molecule has 3 nitrogen and oxygen atoms in total. The number of rotatable bonds is 5. The maximum atomic E-state index is 14.2. The van der Waals surface area contributed by atoms with Crippen LogP contribution in [0.2, 0.25) is 15.1 Å². The first-order valence-electron chi connectivity index (χ1n) is 11.0. The lowest BCUT2D eigenvalue weighted by Gasteiger charge is -2.29. The van der Waals surface area contributed by atoms with E-state index < -0.39 is 17.6 Å². The Balaban J connectivity index is 1.61. The molecule has 1 aliphatic rings. The molecule has 0 radical (unpaired) electrons. The molecule has 0 unspecified atom stereocenters. The Labute approximate surface area is 221 Å². The molecule has 1 amide bonds. The standard InChI is InChI=1S/C26H21Cl3F4N2O/c1-34(12-15-2-8-20(23(30)10-15)26(31,32)33)24-14-35(25(36)16-3-6-18(27)7-4-16)13-19(24)17-5-9-21(28)22(29)11-17/h2-11,19,24H,12-14H2,1H3/t19-,24-/m1/s1. The summed E-state index contributed by atoms with van der Waals surface area (Å²) in [6, 6.07) is 14.6. The van der Waals surface area contributed by atoms with Crippen LogP contribution >= 0.6 is 34.8 Å². The van der Waals surface area contributed by atoms with Crippen molar-refractivity contribution in [2.75, 3.05) is 20.1 Å². The van der Waals surface area contributed by atoms with E-state index in [0.717, 1.165) is 17.7 Å². The number of amides is 1. The van der Waals surface area contributed by atoms with Crippen LogP contribution in [-0.2, 0) is 12.7 Å². The van der Waals surface area contributed by atoms with E-state index in [1.807, 2.05) is 11.0 Å². The molecule has 36 heavy (non-hydrogen) atoms. The first-order chi connectivity index (χ1) is 16.9. The van der Waals surface area contributed by atoms with Crippen molar-refractivity contribution in [2.24, 2.45) is 0 Å². The van der Waals surface area contributed by atoms with Gasteiger partial charge in [-0.05, 0) is 66.7 Å². The Morgan fingerprint density at radius 3 is 2.28 bits per heavy atom. The predicted octanol–water partition coefficient (Wildman–Crippen LogP) is 7.54. The van der Waals surface area contributed by atoms with E-state index >= 15 is 0 Å². The summed E-state index contributed by atoms with van der Waals surface area (Å²) >= 11 is 18.3. The molecular weight excluding hydrogens is 539 g/mol. The number of nitrogens with zero attached hydrogens (tertiary/aromatic N) is 2. The maximum absolute atomic E-state index is 14.2. The van der Waals surface area contributed by atoms with E-state index in [1.54, 1.807) is 48.3 Å². The van der Waals surface area contributed by atoms with Gasteiger partial charge in [-0.25, -0.2) is 4.39 Å². The van der Waals surface area contributed by atoms with Crippen molar-refractivity contribution >= 4 is 40.7 Å². The van der Waals surface area contributed by atoms with Crippen molar-refractivity contribution in [3.8, 4) is 0 Å². The Kier molecular flexibility index (Phi) is 7.86. The lowest BCUT2D eigenvalue weighted by Crippen LogP contribution is -2.38. The van der Waals surface area contributed by atoms with Gasteiger partial charge >= 0.3 is 6.18 Å². The molecule has 1 aliphatic heterocycles. The highest BCUT2D eigenvalue weighted by Crippen LogP contribution is 2.36. The molecule has 3 aromatic carbocycles. The molecule has 0 N–H and O–H groups in total. The molecule has 0 bridgehead atoms. The minimum Gasteiger partial charge on any atom is -0.336 e. The summed E-state index contributed by atoms with van der Waals surface area (Å²) in [5.74, 6) is -1.66. The van der Waals surface area contributed by atoms with Crippen LogP contribution in [0.1, 0.15) is 33.0 Å².